The number of carbonyl (C=O) groups is 3. The number of hydrogen-bond acceptors (Lipinski definition) is 9. The topological polar surface area (TPSA) is 145 Å². The van der Waals surface area contributed by atoms with E-state index in [-0.39, 0.29) is 18.7 Å². The largest absolute Gasteiger partial charge is 0.444 e. The molecule has 0 aliphatic heterocycles. The van der Waals surface area contributed by atoms with Crippen molar-refractivity contribution in [3.63, 3.8) is 0 Å². The van der Waals surface area contributed by atoms with Crippen LogP contribution in [0.2, 0.25) is 0 Å². The van der Waals surface area contributed by atoms with Crippen LogP contribution in [0, 0.1) is 0 Å². The van der Waals surface area contributed by atoms with Crippen LogP contribution in [-0.4, -0.2) is 71.4 Å². The number of aliphatic hydroxyl groups excluding tert-OH is 1. The lowest BCUT2D eigenvalue weighted by atomic mass is 10.0. The molecule has 1 rings (SSSR count). The van der Waals surface area contributed by atoms with Crippen molar-refractivity contribution < 1.29 is 24.2 Å². The van der Waals surface area contributed by atoms with Gasteiger partial charge in [-0.25, -0.2) is 14.6 Å². The van der Waals surface area contributed by atoms with Gasteiger partial charge in [-0.2, -0.15) is 0 Å². The van der Waals surface area contributed by atoms with Crippen LogP contribution in [0.4, 0.5) is 9.59 Å². The third-order valence-corrected chi connectivity index (χ3v) is 7.46. The Morgan fingerprint density at radius 3 is 2.34 bits per heavy atom. The number of rotatable bonds is 16. The Kier molecular flexibility index (Phi) is 16.7. The first kappa shape index (κ1) is 34.2. The van der Waals surface area contributed by atoms with Crippen molar-refractivity contribution in [2.24, 2.45) is 0 Å². The average Bonchev–Trinajstić information content (AvgIpc) is 3.36. The minimum absolute atomic E-state index is 0.0568. The molecule has 0 saturated heterocycles. The number of thiol groups is 1. The predicted octanol–water partition coefficient (Wildman–Crippen LogP) is 3.66. The van der Waals surface area contributed by atoms with E-state index in [0.29, 0.717) is 43.1 Å². The number of aliphatic hydroxyl groups is 1. The Labute approximate surface area is 248 Å². The van der Waals surface area contributed by atoms with Gasteiger partial charge in [-0.1, -0.05) is 27.7 Å². The summed E-state index contributed by atoms with van der Waals surface area (Å²) < 4.78 is 7.94. The number of ether oxygens (including phenoxy) is 1. The van der Waals surface area contributed by atoms with Crippen LogP contribution < -0.4 is 19.5 Å². The number of alkyl carbamates (subject to hydrolysis) is 1. The van der Waals surface area contributed by atoms with Crippen LogP contribution in [0.1, 0.15) is 70.0 Å². The molecular formula is C24H41IN6O5S2. The van der Waals surface area contributed by atoms with E-state index in [9.17, 15) is 19.5 Å². The number of aromatic nitrogens is 1. The number of nitrogens with zero attached hydrogens (tertiary/aromatic N) is 2. The molecule has 4 amide bonds. The van der Waals surface area contributed by atoms with Crippen molar-refractivity contribution in [2.45, 2.75) is 84.0 Å². The molecule has 3 unspecified atom stereocenters. The molecule has 0 aliphatic rings. The summed E-state index contributed by atoms with van der Waals surface area (Å²) in [5.41, 5.74) is 0.774. The average molecular weight is 685 g/mol. The zero-order valence-electron chi connectivity index (χ0n) is 22.6. The predicted molar refractivity (Wildman–Crippen MR) is 161 cm³/mol. The molecule has 0 fully saturated rings. The van der Waals surface area contributed by atoms with Crippen molar-refractivity contribution in [3.05, 3.63) is 27.2 Å². The molecule has 5 N–H and O–H groups in total. The Balaban J connectivity index is 2.56. The maximum Gasteiger partial charge on any atom is 0.407 e. The van der Waals surface area contributed by atoms with E-state index in [1.54, 1.807) is 24.6 Å². The number of carbonyl (C=O) groups excluding carboxylic acids is 3. The monoisotopic (exact) mass is 684 g/mol. The maximum atomic E-state index is 12.8. The molecule has 0 spiro atoms. The van der Waals surface area contributed by atoms with Gasteiger partial charge in [0.25, 0.3) is 0 Å². The highest BCUT2D eigenvalue weighted by molar-refractivity contribution is 14.1. The molecule has 1 aromatic rings. The van der Waals surface area contributed by atoms with Gasteiger partial charge in [0.05, 0.1) is 46.7 Å². The third-order valence-electron chi connectivity index (χ3n) is 5.70. The first-order valence-electron chi connectivity index (χ1n) is 12.6. The van der Waals surface area contributed by atoms with Gasteiger partial charge in [0, 0.05) is 41.5 Å². The summed E-state index contributed by atoms with van der Waals surface area (Å²) in [4.78, 5) is 44.1. The Hall–Kier alpha value is -1.78. The molecule has 38 heavy (non-hydrogen) atoms. The Morgan fingerprint density at radius 1 is 1.18 bits per heavy atom. The fourth-order valence-electron chi connectivity index (χ4n) is 3.34. The highest BCUT2D eigenvalue weighted by atomic mass is 127. The van der Waals surface area contributed by atoms with E-state index in [1.807, 2.05) is 42.1 Å². The highest BCUT2D eigenvalue weighted by Crippen LogP contribution is 2.19. The number of halogens is 1. The quantitative estimate of drug-likeness (QED) is 0.0886. The van der Waals surface area contributed by atoms with Crippen molar-refractivity contribution in [2.75, 3.05) is 20.3 Å². The van der Waals surface area contributed by atoms with E-state index in [0.717, 1.165) is 10.7 Å². The van der Waals surface area contributed by atoms with Gasteiger partial charge in [0.2, 0.25) is 5.91 Å². The number of amides is 4. The zero-order valence-corrected chi connectivity index (χ0v) is 26.5. The summed E-state index contributed by atoms with van der Waals surface area (Å²) in [6.45, 7) is 7.83. The summed E-state index contributed by atoms with van der Waals surface area (Å²) >= 11 is 7.68. The lowest BCUT2D eigenvalue weighted by Crippen LogP contribution is -2.53. The van der Waals surface area contributed by atoms with Crippen LogP contribution in [0.5, 0.6) is 0 Å². The first-order valence-corrected chi connectivity index (χ1v) is 15.0. The van der Waals surface area contributed by atoms with E-state index < -0.39 is 30.7 Å². The lowest BCUT2D eigenvalue weighted by Gasteiger charge is -2.25. The van der Waals surface area contributed by atoms with Gasteiger partial charge in [-0.05, 0) is 25.7 Å². The van der Waals surface area contributed by atoms with Crippen LogP contribution in [-0.2, 0) is 16.1 Å². The van der Waals surface area contributed by atoms with E-state index in [4.69, 9.17) is 4.74 Å². The van der Waals surface area contributed by atoms with Crippen molar-refractivity contribution in [1.29, 1.82) is 0 Å². The molecule has 0 bridgehead atoms. The fourth-order valence-corrected chi connectivity index (χ4v) is 4.92. The molecule has 11 nitrogen and oxygen atoms in total. The Morgan fingerprint density at radius 2 is 1.82 bits per heavy atom. The molecule has 216 valence electrons. The van der Waals surface area contributed by atoms with Crippen molar-refractivity contribution in [1.82, 2.24) is 29.4 Å². The fraction of sp³-hybridized carbons (Fsp3) is 0.667. The molecule has 0 radical (unpaired) electrons. The van der Waals surface area contributed by atoms with Crippen LogP contribution in [0.15, 0.2) is 16.5 Å². The maximum absolute atomic E-state index is 12.8. The summed E-state index contributed by atoms with van der Waals surface area (Å²) in [7, 11) is 1.61. The molecule has 0 aliphatic carbocycles. The SMILES string of the molecule is CCC(CCC(CC)NC(=O)C(CO)NC(=O)N(C)Cc1csc(C(C)C)n1)NC(=O)OC/C(S)=C/NI. The molecule has 14 heteroatoms. The van der Waals surface area contributed by atoms with E-state index >= 15 is 0 Å². The van der Waals surface area contributed by atoms with Crippen molar-refractivity contribution in [3.8, 4) is 0 Å². The molecule has 3 atom stereocenters. The second kappa shape index (κ2) is 18.5. The molecule has 0 aromatic carbocycles. The van der Waals surface area contributed by atoms with E-state index in [1.165, 1.54) is 4.90 Å². The molecular weight excluding hydrogens is 643 g/mol. The number of hydrogen-bond donors (Lipinski definition) is 6. The van der Waals surface area contributed by atoms with Gasteiger partial charge in [-0.15, -0.1) is 24.0 Å². The molecule has 1 heterocycles. The standard InChI is InChI=1S/C24H41IN6O5S2/c1-6-16(8-9-17(7-2)29-24(35)36-13-19(37)10-26-25)27-21(33)20(12-32)30-23(34)31(5)11-18-14-38-22(28-18)15(3)4/h10,14-17,20,26,32,37H,6-9,11-13H2,1-5H3,(H,27,33)(H,29,35)(H,30,34)/b19-10-. The summed E-state index contributed by atoms with van der Waals surface area (Å²) in [5, 5.41) is 21.0. The smallest absolute Gasteiger partial charge is 0.407 e. The highest BCUT2D eigenvalue weighted by Gasteiger charge is 2.24. The minimum Gasteiger partial charge on any atom is -0.444 e. The van der Waals surface area contributed by atoms with Gasteiger partial charge >= 0.3 is 12.1 Å². The second-order valence-electron chi connectivity index (χ2n) is 9.13. The number of thiazole rings is 1. The van der Waals surface area contributed by atoms with Crippen molar-refractivity contribution >= 4 is 64.9 Å². The van der Waals surface area contributed by atoms with Crippen LogP contribution in [0.25, 0.3) is 0 Å². The first-order chi connectivity index (χ1) is 18.0. The number of urea groups is 1. The van der Waals surface area contributed by atoms with E-state index in [2.05, 4.69) is 50.9 Å². The summed E-state index contributed by atoms with van der Waals surface area (Å²) in [6, 6.07) is -1.89. The van der Waals surface area contributed by atoms with Gasteiger partial charge in [0.1, 0.15) is 12.6 Å². The minimum atomic E-state index is -1.09. The normalized spacial score (nSPS) is 13.9. The zero-order chi connectivity index (χ0) is 28.7. The summed E-state index contributed by atoms with van der Waals surface area (Å²) in [6.07, 6.45) is 3.65. The summed E-state index contributed by atoms with van der Waals surface area (Å²) in [5.74, 6) is -0.153. The lowest BCUT2D eigenvalue weighted by molar-refractivity contribution is -0.124. The van der Waals surface area contributed by atoms with Gasteiger partial charge < -0.3 is 34.2 Å². The number of nitrogens with one attached hydrogen (secondary N) is 4. The van der Waals surface area contributed by atoms with Gasteiger partial charge in [0.15, 0.2) is 0 Å². The Bertz CT molecular complexity index is 917. The van der Waals surface area contributed by atoms with Crippen LogP contribution >= 0.6 is 46.8 Å². The van der Waals surface area contributed by atoms with Gasteiger partial charge in [-0.3, -0.25) is 4.79 Å². The molecule has 1 aromatic heterocycles. The second-order valence-corrected chi connectivity index (χ2v) is 11.2. The van der Waals surface area contributed by atoms with Crippen LogP contribution in [0.3, 0.4) is 0 Å². The third kappa shape index (κ3) is 12.8. The molecule has 0 saturated carbocycles.